The molecular formula is C29H23F4N3O. The highest BCUT2D eigenvalue weighted by atomic mass is 19.4. The molecule has 4 unspecified atom stereocenters. The molecule has 4 atom stereocenters. The van der Waals surface area contributed by atoms with Crippen molar-refractivity contribution in [2.24, 2.45) is 5.92 Å². The highest BCUT2D eigenvalue weighted by Gasteiger charge is 2.45. The molecular weight excluding hydrogens is 482 g/mol. The fourth-order valence-corrected chi connectivity index (χ4v) is 6.26. The largest absolute Gasteiger partial charge is 0.473 e. The second kappa shape index (κ2) is 8.16. The maximum atomic E-state index is 15.3. The second-order valence-electron chi connectivity index (χ2n) is 10.3. The summed E-state index contributed by atoms with van der Waals surface area (Å²) < 4.78 is 64.6. The molecule has 188 valence electrons. The van der Waals surface area contributed by atoms with Crippen molar-refractivity contribution < 1.29 is 22.3 Å². The lowest BCUT2D eigenvalue weighted by Crippen LogP contribution is -2.12. The molecule has 0 aliphatic heterocycles. The second-order valence-corrected chi connectivity index (χ2v) is 10.3. The van der Waals surface area contributed by atoms with E-state index in [9.17, 15) is 13.2 Å². The van der Waals surface area contributed by atoms with Crippen LogP contribution >= 0.6 is 0 Å². The van der Waals surface area contributed by atoms with Crippen molar-refractivity contribution in [3.63, 3.8) is 0 Å². The van der Waals surface area contributed by atoms with Crippen molar-refractivity contribution >= 4 is 0 Å². The van der Waals surface area contributed by atoms with E-state index in [0.29, 0.717) is 34.9 Å². The highest BCUT2D eigenvalue weighted by molar-refractivity contribution is 5.50. The van der Waals surface area contributed by atoms with Crippen molar-refractivity contribution in [3.8, 4) is 5.88 Å². The maximum Gasteiger partial charge on any atom is 0.416 e. The first-order valence-corrected chi connectivity index (χ1v) is 12.5. The number of halogens is 4. The normalized spacial score (nSPS) is 23.5. The number of alkyl halides is 3. The molecule has 4 aromatic rings. The fraction of sp³-hybridized carbons (Fsp3) is 0.310. The average molecular weight is 506 g/mol. The molecule has 2 aromatic heterocycles. The van der Waals surface area contributed by atoms with Gasteiger partial charge in [-0.25, -0.2) is 9.37 Å². The molecule has 0 radical (unpaired) electrons. The van der Waals surface area contributed by atoms with Crippen LogP contribution in [0.3, 0.4) is 0 Å². The van der Waals surface area contributed by atoms with Crippen molar-refractivity contribution in [2.75, 3.05) is 0 Å². The van der Waals surface area contributed by atoms with Gasteiger partial charge in [-0.3, -0.25) is 4.68 Å². The molecule has 37 heavy (non-hydrogen) atoms. The molecule has 0 spiro atoms. The number of rotatable bonds is 5. The Balaban J connectivity index is 1.24. The number of fused-ring (bicyclic) bond motifs is 4. The van der Waals surface area contributed by atoms with E-state index in [1.54, 1.807) is 35.3 Å². The van der Waals surface area contributed by atoms with Crippen molar-refractivity contribution in [1.29, 1.82) is 0 Å². The topological polar surface area (TPSA) is 39.9 Å². The SMILES string of the molecule is Fc1cc2c(cc1COc1cc3c(cn1)C1CC1C3)C(c1ccccc1C(F)(F)F)CC2n1cccn1. The van der Waals surface area contributed by atoms with Gasteiger partial charge in [0.25, 0.3) is 0 Å². The quantitative estimate of drug-likeness (QED) is 0.280. The summed E-state index contributed by atoms with van der Waals surface area (Å²) in [4.78, 5) is 4.41. The molecule has 3 aliphatic rings. The minimum Gasteiger partial charge on any atom is -0.473 e. The van der Waals surface area contributed by atoms with Gasteiger partial charge in [0.1, 0.15) is 12.4 Å². The van der Waals surface area contributed by atoms with Crippen LogP contribution in [0.4, 0.5) is 17.6 Å². The van der Waals surface area contributed by atoms with Gasteiger partial charge in [-0.05, 0) is 83.2 Å². The molecule has 2 heterocycles. The van der Waals surface area contributed by atoms with Gasteiger partial charge in [0.2, 0.25) is 5.88 Å². The third kappa shape index (κ3) is 3.81. The number of aromatic nitrogens is 3. The predicted octanol–water partition coefficient (Wildman–Crippen LogP) is 6.80. The molecule has 0 N–H and O–H groups in total. The number of benzene rings is 2. The summed E-state index contributed by atoms with van der Waals surface area (Å²) in [5.74, 6) is 0.771. The van der Waals surface area contributed by atoms with Crippen LogP contribution in [0.25, 0.3) is 0 Å². The summed E-state index contributed by atoms with van der Waals surface area (Å²) in [7, 11) is 0. The summed E-state index contributed by atoms with van der Waals surface area (Å²) in [6.45, 7) is -0.0577. The minimum absolute atomic E-state index is 0.0577. The highest BCUT2D eigenvalue weighted by Crippen LogP contribution is 2.56. The van der Waals surface area contributed by atoms with Gasteiger partial charge in [-0.2, -0.15) is 18.3 Å². The van der Waals surface area contributed by atoms with Crippen LogP contribution < -0.4 is 4.74 Å². The lowest BCUT2D eigenvalue weighted by atomic mass is 9.88. The Bertz CT molecular complexity index is 1500. The first-order chi connectivity index (χ1) is 17.9. The molecule has 1 saturated carbocycles. The maximum absolute atomic E-state index is 15.3. The molecule has 2 aromatic carbocycles. The van der Waals surface area contributed by atoms with Crippen LogP contribution in [-0.4, -0.2) is 14.8 Å². The van der Waals surface area contributed by atoms with Gasteiger partial charge in [0, 0.05) is 36.1 Å². The van der Waals surface area contributed by atoms with Gasteiger partial charge in [0.05, 0.1) is 11.6 Å². The summed E-state index contributed by atoms with van der Waals surface area (Å²) >= 11 is 0. The number of hydrogen-bond donors (Lipinski definition) is 0. The van der Waals surface area contributed by atoms with Gasteiger partial charge >= 0.3 is 6.18 Å². The Labute approximate surface area is 210 Å². The zero-order valence-corrected chi connectivity index (χ0v) is 19.8. The Morgan fingerprint density at radius 2 is 1.84 bits per heavy atom. The van der Waals surface area contributed by atoms with Crippen LogP contribution in [0, 0.1) is 11.7 Å². The Morgan fingerprint density at radius 3 is 2.65 bits per heavy atom. The van der Waals surface area contributed by atoms with Gasteiger partial charge in [-0.1, -0.05) is 18.2 Å². The molecule has 0 bridgehead atoms. The van der Waals surface area contributed by atoms with Crippen LogP contribution in [0.1, 0.15) is 69.7 Å². The Morgan fingerprint density at radius 1 is 0.973 bits per heavy atom. The van der Waals surface area contributed by atoms with E-state index in [0.717, 1.165) is 18.4 Å². The Hall–Kier alpha value is -3.68. The lowest BCUT2D eigenvalue weighted by molar-refractivity contribution is -0.138. The van der Waals surface area contributed by atoms with E-state index >= 15 is 4.39 Å². The first kappa shape index (κ1) is 22.5. The zero-order chi connectivity index (χ0) is 25.3. The molecule has 1 fully saturated rings. The first-order valence-electron chi connectivity index (χ1n) is 12.5. The number of pyridine rings is 1. The van der Waals surface area contributed by atoms with E-state index in [4.69, 9.17) is 4.74 Å². The summed E-state index contributed by atoms with van der Waals surface area (Å²) in [6, 6.07) is 12.0. The standard InChI is InChI=1S/C29H23F4N3O/c30-26-12-23-21(10-18(26)15-37-28-11-17-8-16-9-20(16)24(17)14-34-28)22(13-27(23)36-7-3-6-35-36)19-4-1-2-5-25(19)29(31,32)33/h1-7,10-12,14,16,20,22,27H,8-9,13,15H2. The predicted molar refractivity (Wildman–Crippen MR) is 128 cm³/mol. The minimum atomic E-state index is -4.49. The van der Waals surface area contributed by atoms with E-state index in [-0.39, 0.29) is 18.2 Å². The van der Waals surface area contributed by atoms with Gasteiger partial charge < -0.3 is 4.74 Å². The molecule has 0 amide bonds. The average Bonchev–Trinajstić information content (AvgIpc) is 3.22. The molecule has 3 aliphatic carbocycles. The van der Waals surface area contributed by atoms with E-state index in [1.807, 2.05) is 12.3 Å². The van der Waals surface area contributed by atoms with Crippen LogP contribution in [0.5, 0.6) is 5.88 Å². The summed E-state index contributed by atoms with van der Waals surface area (Å²) in [6.07, 6.45) is 3.34. The van der Waals surface area contributed by atoms with Crippen LogP contribution in [0.15, 0.2) is 67.1 Å². The zero-order valence-electron chi connectivity index (χ0n) is 19.8. The summed E-state index contributed by atoms with van der Waals surface area (Å²) in [5, 5.41) is 4.30. The molecule has 0 saturated heterocycles. The van der Waals surface area contributed by atoms with Crippen molar-refractivity contribution in [3.05, 3.63) is 112 Å². The number of ether oxygens (including phenoxy) is 1. The van der Waals surface area contributed by atoms with E-state index in [1.165, 1.54) is 35.7 Å². The smallest absolute Gasteiger partial charge is 0.416 e. The number of nitrogens with zero attached hydrogens (tertiary/aromatic N) is 3. The van der Waals surface area contributed by atoms with Crippen LogP contribution in [0.2, 0.25) is 0 Å². The van der Waals surface area contributed by atoms with E-state index < -0.39 is 23.5 Å². The molecule has 7 rings (SSSR count). The van der Waals surface area contributed by atoms with Gasteiger partial charge in [0.15, 0.2) is 0 Å². The molecule has 8 heteroatoms. The van der Waals surface area contributed by atoms with E-state index in [2.05, 4.69) is 10.1 Å². The van der Waals surface area contributed by atoms with Gasteiger partial charge in [-0.15, -0.1) is 0 Å². The third-order valence-corrected chi connectivity index (χ3v) is 8.11. The summed E-state index contributed by atoms with van der Waals surface area (Å²) in [5.41, 5.74) is 3.64. The lowest BCUT2D eigenvalue weighted by Gasteiger charge is -2.19. The number of hydrogen-bond acceptors (Lipinski definition) is 3. The molecule has 4 nitrogen and oxygen atoms in total. The fourth-order valence-electron chi connectivity index (χ4n) is 6.26. The van der Waals surface area contributed by atoms with Crippen LogP contribution in [-0.2, 0) is 19.2 Å². The van der Waals surface area contributed by atoms with Crippen molar-refractivity contribution in [2.45, 2.75) is 49.9 Å². The monoisotopic (exact) mass is 505 g/mol. The third-order valence-electron chi connectivity index (χ3n) is 8.11. The Kier molecular flexibility index (Phi) is 4.97. The van der Waals surface area contributed by atoms with Crippen molar-refractivity contribution in [1.82, 2.24) is 14.8 Å².